The van der Waals surface area contributed by atoms with E-state index in [0.29, 0.717) is 12.1 Å². The van der Waals surface area contributed by atoms with Gasteiger partial charge in [-0.2, -0.15) is 0 Å². The van der Waals surface area contributed by atoms with Crippen molar-refractivity contribution >= 4 is 5.69 Å². The van der Waals surface area contributed by atoms with Crippen LogP contribution in [0, 0.1) is 0 Å². The maximum absolute atomic E-state index is 5.94. The van der Waals surface area contributed by atoms with Crippen molar-refractivity contribution in [2.24, 2.45) is 0 Å². The molecule has 2 atom stereocenters. The number of fused-ring (bicyclic) bond motifs is 1. The summed E-state index contributed by atoms with van der Waals surface area (Å²) in [7, 11) is 0. The van der Waals surface area contributed by atoms with E-state index in [9.17, 15) is 0 Å². The van der Waals surface area contributed by atoms with E-state index in [1.165, 1.54) is 43.4 Å². The zero-order valence-electron chi connectivity index (χ0n) is 12.1. The Hall–Kier alpha value is -1.06. The van der Waals surface area contributed by atoms with E-state index in [2.05, 4.69) is 34.5 Å². The number of hydrogen-bond donors (Lipinski definition) is 1. The quantitative estimate of drug-likeness (QED) is 0.912. The molecule has 20 heavy (non-hydrogen) atoms. The first kappa shape index (κ1) is 12.7. The summed E-state index contributed by atoms with van der Waals surface area (Å²) in [4.78, 5) is 2.62. The molecule has 0 radical (unpaired) electrons. The molecule has 4 rings (SSSR count). The number of morpholine rings is 1. The minimum Gasteiger partial charge on any atom is -0.374 e. The van der Waals surface area contributed by atoms with Gasteiger partial charge in [0.1, 0.15) is 0 Å². The van der Waals surface area contributed by atoms with Crippen LogP contribution in [0.3, 0.4) is 0 Å². The molecule has 0 bridgehead atoms. The second-order valence-corrected chi connectivity index (χ2v) is 6.38. The summed E-state index contributed by atoms with van der Waals surface area (Å²) in [5, 5.41) is 3.65. The summed E-state index contributed by atoms with van der Waals surface area (Å²) < 4.78 is 5.94. The van der Waals surface area contributed by atoms with Gasteiger partial charge in [0.05, 0.1) is 18.8 Å². The monoisotopic (exact) mass is 272 g/mol. The lowest BCUT2D eigenvalue weighted by molar-refractivity contribution is 0.0256. The third-order valence-electron chi connectivity index (χ3n) is 4.94. The van der Waals surface area contributed by atoms with Crippen molar-refractivity contribution in [3.05, 3.63) is 29.8 Å². The van der Waals surface area contributed by atoms with E-state index in [-0.39, 0.29) is 0 Å². The van der Waals surface area contributed by atoms with Gasteiger partial charge in [0.2, 0.25) is 0 Å². The highest BCUT2D eigenvalue weighted by Gasteiger charge is 2.36. The fourth-order valence-corrected chi connectivity index (χ4v) is 3.71. The number of hydrogen-bond acceptors (Lipinski definition) is 3. The van der Waals surface area contributed by atoms with Crippen molar-refractivity contribution in [3.8, 4) is 0 Å². The zero-order valence-corrected chi connectivity index (χ0v) is 12.1. The van der Waals surface area contributed by atoms with Crippen LogP contribution in [0.25, 0.3) is 0 Å². The molecule has 3 nitrogen and oxygen atoms in total. The molecular weight excluding hydrogens is 248 g/mol. The van der Waals surface area contributed by atoms with E-state index in [4.69, 9.17) is 4.74 Å². The Kier molecular flexibility index (Phi) is 3.41. The molecule has 1 heterocycles. The Morgan fingerprint density at radius 3 is 2.95 bits per heavy atom. The SMILES string of the molecule is c1ccc(N2CCOC3CCCC32)c(CNC2CC2)c1. The number of nitrogens with one attached hydrogen (secondary N) is 1. The molecule has 2 saturated carbocycles. The Morgan fingerprint density at radius 2 is 2.05 bits per heavy atom. The van der Waals surface area contributed by atoms with Gasteiger partial charge >= 0.3 is 0 Å². The van der Waals surface area contributed by atoms with Crippen molar-refractivity contribution in [2.75, 3.05) is 18.1 Å². The Morgan fingerprint density at radius 1 is 1.15 bits per heavy atom. The molecule has 108 valence electrons. The van der Waals surface area contributed by atoms with Gasteiger partial charge < -0.3 is 15.0 Å². The van der Waals surface area contributed by atoms with Crippen LogP contribution >= 0.6 is 0 Å². The second kappa shape index (κ2) is 5.38. The van der Waals surface area contributed by atoms with E-state index >= 15 is 0 Å². The lowest BCUT2D eigenvalue weighted by Crippen LogP contribution is -2.49. The van der Waals surface area contributed by atoms with Gasteiger partial charge in [-0.15, -0.1) is 0 Å². The number of anilines is 1. The lowest BCUT2D eigenvalue weighted by atomic mass is 10.1. The average Bonchev–Trinajstić information content (AvgIpc) is 3.20. The Balaban J connectivity index is 1.56. The van der Waals surface area contributed by atoms with Gasteiger partial charge in [0.25, 0.3) is 0 Å². The van der Waals surface area contributed by atoms with Gasteiger partial charge in [-0.1, -0.05) is 18.2 Å². The largest absolute Gasteiger partial charge is 0.374 e. The van der Waals surface area contributed by atoms with Crippen LogP contribution in [0.5, 0.6) is 0 Å². The molecule has 1 aliphatic heterocycles. The van der Waals surface area contributed by atoms with E-state index < -0.39 is 0 Å². The smallest absolute Gasteiger partial charge is 0.0779 e. The van der Waals surface area contributed by atoms with Crippen molar-refractivity contribution in [2.45, 2.75) is 56.8 Å². The number of rotatable bonds is 4. The number of benzene rings is 1. The predicted molar refractivity (Wildman–Crippen MR) is 81.0 cm³/mol. The van der Waals surface area contributed by atoms with Crippen molar-refractivity contribution in [3.63, 3.8) is 0 Å². The standard InChI is InChI=1S/C17H24N2O/c1-2-5-15(13(4-1)12-18-14-8-9-14)19-10-11-20-17-7-3-6-16(17)19/h1-2,4-5,14,16-18H,3,6-12H2. The molecule has 1 aromatic rings. The first-order chi connectivity index (χ1) is 9.92. The molecule has 3 aliphatic rings. The summed E-state index contributed by atoms with van der Waals surface area (Å²) in [6, 6.07) is 10.3. The number of ether oxygens (including phenoxy) is 1. The highest BCUT2D eigenvalue weighted by molar-refractivity contribution is 5.55. The van der Waals surface area contributed by atoms with Crippen molar-refractivity contribution in [1.29, 1.82) is 0 Å². The first-order valence-electron chi connectivity index (χ1n) is 8.11. The highest BCUT2D eigenvalue weighted by Crippen LogP contribution is 2.34. The van der Waals surface area contributed by atoms with Crippen LogP contribution in [0.15, 0.2) is 24.3 Å². The summed E-state index contributed by atoms with van der Waals surface area (Å²) in [5.74, 6) is 0. The van der Waals surface area contributed by atoms with Gasteiger partial charge in [0, 0.05) is 24.8 Å². The van der Waals surface area contributed by atoms with Crippen molar-refractivity contribution in [1.82, 2.24) is 5.32 Å². The van der Waals surface area contributed by atoms with E-state index in [1.807, 2.05) is 0 Å². The van der Waals surface area contributed by atoms with Crippen LogP contribution in [0.2, 0.25) is 0 Å². The van der Waals surface area contributed by atoms with Crippen molar-refractivity contribution < 1.29 is 4.74 Å². The Bertz CT molecular complexity index is 472. The maximum atomic E-state index is 5.94. The summed E-state index contributed by atoms with van der Waals surface area (Å²) in [6.07, 6.45) is 7.01. The molecule has 0 aromatic heterocycles. The minimum absolute atomic E-state index is 0.466. The zero-order chi connectivity index (χ0) is 13.4. The molecule has 0 amide bonds. The fourth-order valence-electron chi connectivity index (χ4n) is 3.71. The second-order valence-electron chi connectivity index (χ2n) is 6.38. The minimum atomic E-state index is 0.466. The lowest BCUT2D eigenvalue weighted by Gasteiger charge is -2.40. The molecular formula is C17H24N2O. The van der Waals surface area contributed by atoms with Gasteiger partial charge in [0.15, 0.2) is 0 Å². The van der Waals surface area contributed by atoms with Crippen LogP contribution in [-0.2, 0) is 11.3 Å². The molecule has 1 aromatic carbocycles. The van der Waals surface area contributed by atoms with E-state index in [1.54, 1.807) is 0 Å². The highest BCUT2D eigenvalue weighted by atomic mass is 16.5. The molecule has 3 fully saturated rings. The van der Waals surface area contributed by atoms with Gasteiger partial charge in [-0.05, 0) is 43.7 Å². The molecule has 3 heteroatoms. The molecule has 2 aliphatic carbocycles. The van der Waals surface area contributed by atoms with Crippen LogP contribution in [-0.4, -0.2) is 31.3 Å². The van der Waals surface area contributed by atoms with Gasteiger partial charge in [-0.25, -0.2) is 0 Å². The summed E-state index contributed by atoms with van der Waals surface area (Å²) in [6.45, 7) is 2.93. The van der Waals surface area contributed by atoms with Crippen LogP contribution in [0.1, 0.15) is 37.7 Å². The topological polar surface area (TPSA) is 24.5 Å². The summed E-state index contributed by atoms with van der Waals surface area (Å²) >= 11 is 0. The number of nitrogens with zero attached hydrogens (tertiary/aromatic N) is 1. The summed E-state index contributed by atoms with van der Waals surface area (Å²) in [5.41, 5.74) is 2.88. The van der Waals surface area contributed by atoms with Crippen LogP contribution < -0.4 is 10.2 Å². The van der Waals surface area contributed by atoms with Gasteiger partial charge in [-0.3, -0.25) is 0 Å². The van der Waals surface area contributed by atoms with E-state index in [0.717, 1.165) is 25.7 Å². The normalized spacial score (nSPS) is 29.5. The average molecular weight is 272 g/mol. The molecule has 0 spiro atoms. The maximum Gasteiger partial charge on any atom is 0.0779 e. The molecule has 2 unspecified atom stereocenters. The Labute approximate surface area is 121 Å². The molecule has 1 saturated heterocycles. The van der Waals surface area contributed by atoms with Crippen LogP contribution in [0.4, 0.5) is 5.69 Å². The third kappa shape index (κ3) is 2.45. The first-order valence-corrected chi connectivity index (χ1v) is 8.11. The molecule has 1 N–H and O–H groups in total. The fraction of sp³-hybridized carbons (Fsp3) is 0.647. The number of para-hydroxylation sites is 1. The third-order valence-corrected chi connectivity index (χ3v) is 4.94. The predicted octanol–water partition coefficient (Wildman–Crippen LogP) is 2.70.